The zero-order valence-corrected chi connectivity index (χ0v) is 14.9. The van der Waals surface area contributed by atoms with Crippen molar-refractivity contribution in [1.29, 1.82) is 0 Å². The molecule has 9 heteroatoms. The van der Waals surface area contributed by atoms with E-state index in [1.54, 1.807) is 6.07 Å². The number of nitrogens with zero attached hydrogens (tertiary/aromatic N) is 6. The predicted octanol–water partition coefficient (Wildman–Crippen LogP) is 0.334. The lowest BCUT2D eigenvalue weighted by Gasteiger charge is -2.35. The summed E-state index contributed by atoms with van der Waals surface area (Å²) in [5, 5.41) is 2.99. The van der Waals surface area contributed by atoms with E-state index in [4.69, 9.17) is 5.73 Å². The molecule has 0 spiro atoms. The highest BCUT2D eigenvalue weighted by Crippen LogP contribution is 2.16. The van der Waals surface area contributed by atoms with Crippen LogP contribution in [0.25, 0.3) is 5.65 Å². The van der Waals surface area contributed by atoms with E-state index in [1.807, 2.05) is 26.0 Å². The highest BCUT2D eigenvalue weighted by molar-refractivity contribution is 5.44. The van der Waals surface area contributed by atoms with Crippen molar-refractivity contribution in [3.8, 4) is 0 Å². The summed E-state index contributed by atoms with van der Waals surface area (Å²) in [6.07, 6.45) is 0. The van der Waals surface area contributed by atoms with Crippen molar-refractivity contribution in [2.75, 3.05) is 36.8 Å². The number of piperazine rings is 1. The average molecular weight is 354 g/mol. The molecule has 0 saturated carbocycles. The minimum atomic E-state index is -0.0799. The van der Waals surface area contributed by atoms with E-state index in [9.17, 15) is 4.79 Å². The maximum atomic E-state index is 12.2. The van der Waals surface area contributed by atoms with Gasteiger partial charge in [-0.25, -0.2) is 14.5 Å². The molecule has 1 aliphatic rings. The lowest BCUT2D eigenvalue weighted by molar-refractivity contribution is 0.246. The summed E-state index contributed by atoms with van der Waals surface area (Å²) in [7, 11) is 0. The topological polar surface area (TPSA) is 108 Å². The lowest BCUT2D eigenvalue weighted by Crippen LogP contribution is -2.46. The van der Waals surface area contributed by atoms with Crippen LogP contribution in [0.4, 0.5) is 11.8 Å². The van der Waals surface area contributed by atoms with Crippen LogP contribution < -0.4 is 16.2 Å². The molecule has 1 aliphatic heterocycles. The summed E-state index contributed by atoms with van der Waals surface area (Å²) in [5.41, 5.74) is 8.92. The van der Waals surface area contributed by atoms with Gasteiger partial charge in [0.25, 0.3) is 5.56 Å². The van der Waals surface area contributed by atoms with Crippen molar-refractivity contribution in [1.82, 2.24) is 29.5 Å². The minimum absolute atomic E-state index is 0.0799. The number of nitrogens with one attached hydrogen (secondary N) is 1. The van der Waals surface area contributed by atoms with Crippen LogP contribution in [0.3, 0.4) is 0 Å². The molecule has 0 unspecified atom stereocenters. The summed E-state index contributed by atoms with van der Waals surface area (Å²) in [6, 6.07) is 5.44. The van der Waals surface area contributed by atoms with Gasteiger partial charge in [-0.1, -0.05) is 0 Å². The maximum Gasteiger partial charge on any atom is 0.272 e. The van der Waals surface area contributed by atoms with E-state index in [1.165, 1.54) is 4.52 Å². The van der Waals surface area contributed by atoms with Crippen molar-refractivity contribution in [2.24, 2.45) is 0 Å². The Morgan fingerprint density at radius 1 is 1.08 bits per heavy atom. The predicted molar refractivity (Wildman–Crippen MR) is 99.2 cm³/mol. The van der Waals surface area contributed by atoms with Crippen LogP contribution >= 0.6 is 0 Å². The number of H-pyrrole nitrogens is 1. The van der Waals surface area contributed by atoms with Crippen LogP contribution in [-0.2, 0) is 6.54 Å². The van der Waals surface area contributed by atoms with Gasteiger partial charge in [-0.2, -0.15) is 4.98 Å². The molecule has 4 rings (SSSR count). The Morgan fingerprint density at radius 3 is 2.58 bits per heavy atom. The van der Waals surface area contributed by atoms with Gasteiger partial charge in [0.1, 0.15) is 5.82 Å². The Morgan fingerprint density at radius 2 is 1.85 bits per heavy atom. The summed E-state index contributed by atoms with van der Waals surface area (Å²) < 4.78 is 1.47. The number of anilines is 2. The minimum Gasteiger partial charge on any atom is -0.368 e. The average Bonchev–Trinajstić information content (AvgIpc) is 2.95. The van der Waals surface area contributed by atoms with Gasteiger partial charge in [-0.15, -0.1) is 0 Å². The number of nitrogens with two attached hydrogens (primary N) is 1. The van der Waals surface area contributed by atoms with Crippen molar-refractivity contribution >= 4 is 17.4 Å². The Labute approximate surface area is 150 Å². The molecule has 3 aromatic heterocycles. The fourth-order valence-electron chi connectivity index (χ4n) is 3.34. The molecule has 136 valence electrons. The number of aromatic amines is 1. The molecular formula is C17H22N8O. The van der Waals surface area contributed by atoms with Gasteiger partial charge >= 0.3 is 0 Å². The Bertz CT molecular complexity index is 979. The number of hydrogen-bond acceptors (Lipinski definition) is 7. The summed E-state index contributed by atoms with van der Waals surface area (Å²) in [5.74, 6) is 1.18. The van der Waals surface area contributed by atoms with Crippen LogP contribution in [0.1, 0.15) is 17.1 Å². The number of nitrogen functional groups attached to an aromatic ring is 1. The number of aryl methyl sites for hydroxylation is 2. The zero-order valence-electron chi connectivity index (χ0n) is 14.9. The molecule has 0 radical (unpaired) electrons. The van der Waals surface area contributed by atoms with Crippen LogP contribution in [0.15, 0.2) is 23.0 Å². The highest BCUT2D eigenvalue weighted by Gasteiger charge is 2.19. The molecule has 3 N–H and O–H groups in total. The van der Waals surface area contributed by atoms with Gasteiger partial charge in [0.2, 0.25) is 5.95 Å². The van der Waals surface area contributed by atoms with E-state index in [2.05, 4.69) is 29.9 Å². The molecule has 0 bridgehead atoms. The first kappa shape index (κ1) is 16.5. The van der Waals surface area contributed by atoms with Crippen LogP contribution in [0.5, 0.6) is 0 Å². The van der Waals surface area contributed by atoms with Gasteiger partial charge in [0, 0.05) is 62.3 Å². The maximum absolute atomic E-state index is 12.2. The second-order valence-corrected chi connectivity index (χ2v) is 6.71. The first-order valence-electron chi connectivity index (χ1n) is 8.65. The fraction of sp³-hybridized carbons (Fsp3) is 0.412. The van der Waals surface area contributed by atoms with Crippen LogP contribution in [-0.4, -0.2) is 55.6 Å². The van der Waals surface area contributed by atoms with Gasteiger partial charge < -0.3 is 10.6 Å². The Hall–Kier alpha value is -2.94. The lowest BCUT2D eigenvalue weighted by atomic mass is 10.2. The monoisotopic (exact) mass is 354 g/mol. The standard InChI is InChI=1S/C17H22N8O/c1-11-7-14(21-17(18)19-11)24-5-3-23(4-6-24)10-13-9-16(26)25-15(20-13)8-12(2)22-25/h7-9,22H,3-6,10H2,1-2H3,(H2,18,19,21). The smallest absolute Gasteiger partial charge is 0.272 e. The molecule has 0 aliphatic carbocycles. The van der Waals surface area contributed by atoms with E-state index >= 15 is 0 Å². The molecular weight excluding hydrogens is 332 g/mol. The second kappa shape index (κ2) is 6.41. The second-order valence-electron chi connectivity index (χ2n) is 6.71. The third-order valence-corrected chi connectivity index (χ3v) is 4.57. The number of aromatic nitrogens is 5. The molecule has 0 atom stereocenters. The van der Waals surface area contributed by atoms with Gasteiger partial charge in [-0.3, -0.25) is 14.8 Å². The van der Waals surface area contributed by atoms with Gasteiger partial charge in [0.15, 0.2) is 5.65 Å². The molecule has 9 nitrogen and oxygen atoms in total. The summed E-state index contributed by atoms with van der Waals surface area (Å²) in [4.78, 5) is 29.7. The molecule has 0 amide bonds. The summed E-state index contributed by atoms with van der Waals surface area (Å²) in [6.45, 7) is 7.93. The normalized spacial score (nSPS) is 15.7. The molecule has 26 heavy (non-hydrogen) atoms. The highest BCUT2D eigenvalue weighted by atomic mass is 16.1. The fourth-order valence-corrected chi connectivity index (χ4v) is 3.34. The first-order valence-corrected chi connectivity index (χ1v) is 8.65. The van der Waals surface area contributed by atoms with E-state index in [0.717, 1.165) is 49.1 Å². The SMILES string of the molecule is Cc1cc(N2CCN(Cc3cc(=O)n4[nH]c(C)cc4n3)CC2)nc(N)n1. The van der Waals surface area contributed by atoms with Gasteiger partial charge in [-0.05, 0) is 13.8 Å². The Balaban J connectivity index is 1.44. The van der Waals surface area contributed by atoms with E-state index in [-0.39, 0.29) is 5.56 Å². The third-order valence-electron chi connectivity index (χ3n) is 4.57. The molecule has 4 heterocycles. The third kappa shape index (κ3) is 3.25. The molecule has 0 aromatic carbocycles. The van der Waals surface area contributed by atoms with Crippen molar-refractivity contribution in [2.45, 2.75) is 20.4 Å². The molecule has 1 fully saturated rings. The number of hydrogen-bond donors (Lipinski definition) is 2. The largest absolute Gasteiger partial charge is 0.368 e. The van der Waals surface area contributed by atoms with Gasteiger partial charge in [0.05, 0.1) is 5.69 Å². The number of fused-ring (bicyclic) bond motifs is 1. The summed E-state index contributed by atoms with van der Waals surface area (Å²) >= 11 is 0. The van der Waals surface area contributed by atoms with E-state index < -0.39 is 0 Å². The number of rotatable bonds is 3. The van der Waals surface area contributed by atoms with Crippen molar-refractivity contribution in [3.05, 3.63) is 45.6 Å². The van der Waals surface area contributed by atoms with E-state index in [0.29, 0.717) is 18.1 Å². The van der Waals surface area contributed by atoms with Crippen molar-refractivity contribution < 1.29 is 0 Å². The van der Waals surface area contributed by atoms with Crippen molar-refractivity contribution in [3.63, 3.8) is 0 Å². The molecule has 1 saturated heterocycles. The Kier molecular flexibility index (Phi) is 4.08. The quantitative estimate of drug-likeness (QED) is 0.698. The van der Waals surface area contributed by atoms with Crippen LogP contribution in [0, 0.1) is 13.8 Å². The first-order chi connectivity index (χ1) is 12.5. The zero-order chi connectivity index (χ0) is 18.3. The van der Waals surface area contributed by atoms with Crippen LogP contribution in [0.2, 0.25) is 0 Å². The molecule has 3 aromatic rings.